The van der Waals surface area contributed by atoms with E-state index in [2.05, 4.69) is 32.6 Å². The molecule has 0 radical (unpaired) electrons. The molecule has 0 aliphatic rings. The molecule has 5 heteroatoms. The van der Waals surface area contributed by atoms with Gasteiger partial charge in [0, 0.05) is 0 Å². The first-order chi connectivity index (χ1) is 10.4. The van der Waals surface area contributed by atoms with Crippen molar-refractivity contribution < 1.29 is 14.6 Å². The molecule has 1 rings (SSSR count). The van der Waals surface area contributed by atoms with Gasteiger partial charge in [-0.1, -0.05) is 27.7 Å². The fourth-order valence-electron chi connectivity index (χ4n) is 2.26. The fourth-order valence-corrected chi connectivity index (χ4v) is 2.26. The number of ether oxygens (including phenoxy) is 1. The summed E-state index contributed by atoms with van der Waals surface area (Å²) in [5.41, 5.74) is 0.403. The van der Waals surface area contributed by atoms with Crippen molar-refractivity contribution in [2.45, 2.75) is 40.5 Å². The highest BCUT2D eigenvalue weighted by molar-refractivity contribution is 5.86. The van der Waals surface area contributed by atoms with Crippen LogP contribution in [0.2, 0.25) is 0 Å². The Bertz CT molecular complexity index is 456. The molecule has 0 unspecified atom stereocenters. The van der Waals surface area contributed by atoms with Gasteiger partial charge in [-0.15, -0.1) is 12.4 Å². The summed E-state index contributed by atoms with van der Waals surface area (Å²) in [6.45, 7) is 12.8. The second kappa shape index (κ2) is 10.5. The smallest absolute Gasteiger partial charge is 0.119 e. The van der Waals surface area contributed by atoms with Crippen LogP contribution in [-0.4, -0.2) is 37.1 Å². The molecule has 0 aliphatic heterocycles. The minimum absolute atomic E-state index is 0. The monoisotopic (exact) mass is 342 g/mol. The molecule has 0 bridgehead atoms. The van der Waals surface area contributed by atoms with Crippen LogP contribution in [0.15, 0.2) is 24.3 Å². The summed E-state index contributed by atoms with van der Waals surface area (Å²) in [7, 11) is 0. The second-order valence-electron chi connectivity index (χ2n) is 6.35. The van der Waals surface area contributed by atoms with E-state index in [4.69, 9.17) is 4.74 Å². The molecule has 0 atom stereocenters. The number of nitrogens with zero attached hydrogens (tertiary/aromatic N) is 1. The third-order valence-electron chi connectivity index (χ3n) is 4.14. The lowest BCUT2D eigenvalue weighted by atomic mass is 9.86. The number of aromatic carboxylic acids is 1. The molecule has 0 spiro atoms. The van der Waals surface area contributed by atoms with Crippen LogP contribution in [0, 0.1) is 5.41 Å². The molecule has 0 N–H and O–H groups in total. The van der Waals surface area contributed by atoms with Crippen LogP contribution >= 0.6 is 12.4 Å². The number of carbonyl (C=O) groups excluding carboxylic acids is 1. The van der Waals surface area contributed by atoms with Crippen LogP contribution in [0.4, 0.5) is 0 Å². The quantitative estimate of drug-likeness (QED) is 0.656. The highest BCUT2D eigenvalue weighted by atomic mass is 35.5. The Morgan fingerprint density at radius 3 is 2.17 bits per heavy atom. The largest absolute Gasteiger partial charge is 0.545 e. The topological polar surface area (TPSA) is 52.6 Å². The van der Waals surface area contributed by atoms with Gasteiger partial charge in [0.25, 0.3) is 0 Å². The minimum atomic E-state index is -1.16. The molecule has 0 fully saturated rings. The molecule has 132 valence electrons. The SMILES string of the molecule is CCN(CC)CCC(C)(C)CCOc1ccc(C(=O)[O-])cc1.Cl. The lowest BCUT2D eigenvalue weighted by Gasteiger charge is -2.28. The van der Waals surface area contributed by atoms with Crippen molar-refractivity contribution in [1.82, 2.24) is 4.90 Å². The highest BCUT2D eigenvalue weighted by Crippen LogP contribution is 2.26. The number of rotatable bonds is 10. The van der Waals surface area contributed by atoms with Gasteiger partial charge in [-0.25, -0.2) is 0 Å². The summed E-state index contributed by atoms with van der Waals surface area (Å²) >= 11 is 0. The van der Waals surface area contributed by atoms with E-state index in [9.17, 15) is 9.90 Å². The third kappa shape index (κ3) is 8.24. The summed E-state index contributed by atoms with van der Waals surface area (Å²) in [4.78, 5) is 13.1. The number of halogens is 1. The normalized spacial score (nSPS) is 11.2. The lowest BCUT2D eigenvalue weighted by molar-refractivity contribution is -0.255. The second-order valence-corrected chi connectivity index (χ2v) is 6.35. The Hall–Kier alpha value is -1.26. The van der Waals surface area contributed by atoms with E-state index < -0.39 is 5.97 Å². The maximum absolute atomic E-state index is 10.7. The summed E-state index contributed by atoms with van der Waals surface area (Å²) in [5.74, 6) is -0.464. The van der Waals surface area contributed by atoms with E-state index in [1.807, 2.05) is 0 Å². The van der Waals surface area contributed by atoms with Crippen molar-refractivity contribution in [3.63, 3.8) is 0 Å². The Morgan fingerprint density at radius 1 is 1.13 bits per heavy atom. The van der Waals surface area contributed by atoms with Crippen LogP contribution in [0.25, 0.3) is 0 Å². The van der Waals surface area contributed by atoms with E-state index >= 15 is 0 Å². The van der Waals surface area contributed by atoms with E-state index in [1.54, 1.807) is 12.1 Å². The first kappa shape index (κ1) is 21.7. The van der Waals surface area contributed by atoms with Crippen LogP contribution in [0.1, 0.15) is 50.9 Å². The van der Waals surface area contributed by atoms with Crippen molar-refractivity contribution in [1.29, 1.82) is 0 Å². The number of carbonyl (C=O) groups is 1. The molecule has 1 aromatic carbocycles. The third-order valence-corrected chi connectivity index (χ3v) is 4.14. The summed E-state index contributed by atoms with van der Waals surface area (Å²) in [5, 5.41) is 10.7. The molecule has 4 nitrogen and oxygen atoms in total. The minimum Gasteiger partial charge on any atom is -0.545 e. The van der Waals surface area contributed by atoms with Gasteiger partial charge in [-0.2, -0.15) is 0 Å². The van der Waals surface area contributed by atoms with Crippen LogP contribution in [-0.2, 0) is 0 Å². The zero-order chi connectivity index (χ0) is 16.6. The fraction of sp³-hybridized carbons (Fsp3) is 0.611. The van der Waals surface area contributed by atoms with Crippen LogP contribution in [0.3, 0.4) is 0 Å². The van der Waals surface area contributed by atoms with Gasteiger partial charge in [0.2, 0.25) is 0 Å². The van der Waals surface area contributed by atoms with E-state index in [1.165, 1.54) is 12.1 Å². The van der Waals surface area contributed by atoms with Crippen molar-refractivity contribution in [2.75, 3.05) is 26.2 Å². The Morgan fingerprint density at radius 2 is 1.70 bits per heavy atom. The zero-order valence-electron chi connectivity index (χ0n) is 14.6. The average molecular weight is 343 g/mol. The van der Waals surface area contributed by atoms with E-state index in [0.717, 1.165) is 32.5 Å². The predicted molar refractivity (Wildman–Crippen MR) is 94.3 cm³/mol. The summed E-state index contributed by atoms with van der Waals surface area (Å²) in [6, 6.07) is 6.37. The van der Waals surface area contributed by atoms with E-state index in [0.29, 0.717) is 12.4 Å². The van der Waals surface area contributed by atoms with Gasteiger partial charge in [0.15, 0.2) is 0 Å². The van der Waals surface area contributed by atoms with Gasteiger partial charge >= 0.3 is 0 Å². The van der Waals surface area contributed by atoms with Crippen molar-refractivity contribution in [3.05, 3.63) is 29.8 Å². The average Bonchev–Trinajstić information content (AvgIpc) is 2.48. The molecule has 1 aromatic rings. The Kier molecular flexibility index (Phi) is 9.93. The molecule has 0 saturated heterocycles. The predicted octanol–water partition coefficient (Wildman–Crippen LogP) is 3.00. The molecular formula is C18H29ClNO3-. The van der Waals surface area contributed by atoms with Gasteiger partial charge in [-0.3, -0.25) is 0 Å². The number of hydrogen-bond acceptors (Lipinski definition) is 4. The Labute approximate surface area is 146 Å². The number of carboxylic acid groups (broad SMARTS) is 1. The van der Waals surface area contributed by atoms with Crippen molar-refractivity contribution in [2.24, 2.45) is 5.41 Å². The van der Waals surface area contributed by atoms with Gasteiger partial charge in [0.1, 0.15) is 5.75 Å². The standard InChI is InChI=1S/C18H29NO3.ClH/c1-5-19(6-2)13-11-18(3,4)12-14-22-16-9-7-15(8-10-16)17(20)21;/h7-10H,5-6,11-14H2,1-4H3,(H,20,21);1H/p-1. The highest BCUT2D eigenvalue weighted by Gasteiger charge is 2.18. The molecule has 23 heavy (non-hydrogen) atoms. The molecule has 0 aliphatic carbocycles. The zero-order valence-corrected chi connectivity index (χ0v) is 15.4. The molecular weight excluding hydrogens is 314 g/mol. The maximum atomic E-state index is 10.7. The van der Waals surface area contributed by atoms with Crippen LogP contribution in [0.5, 0.6) is 5.75 Å². The molecule has 0 saturated carbocycles. The van der Waals surface area contributed by atoms with Crippen molar-refractivity contribution >= 4 is 18.4 Å². The van der Waals surface area contributed by atoms with Gasteiger partial charge in [0.05, 0.1) is 12.6 Å². The first-order valence-electron chi connectivity index (χ1n) is 8.04. The lowest BCUT2D eigenvalue weighted by Crippen LogP contribution is -2.28. The number of hydrogen-bond donors (Lipinski definition) is 0. The molecule has 0 aromatic heterocycles. The first-order valence-corrected chi connectivity index (χ1v) is 8.04. The molecule has 0 heterocycles. The summed E-state index contributed by atoms with van der Waals surface area (Å²) in [6.07, 6.45) is 2.11. The van der Waals surface area contributed by atoms with Crippen LogP contribution < -0.4 is 9.84 Å². The van der Waals surface area contributed by atoms with E-state index in [-0.39, 0.29) is 23.4 Å². The Balaban J connectivity index is 0.00000484. The number of benzene rings is 1. The molecule has 0 amide bonds. The van der Waals surface area contributed by atoms with Gasteiger partial charge < -0.3 is 19.5 Å². The van der Waals surface area contributed by atoms with Gasteiger partial charge in [-0.05, 0) is 67.7 Å². The maximum Gasteiger partial charge on any atom is 0.119 e. The number of carboxylic acids is 1. The van der Waals surface area contributed by atoms with Crippen molar-refractivity contribution in [3.8, 4) is 5.75 Å². The summed E-state index contributed by atoms with van der Waals surface area (Å²) < 4.78 is 5.71.